The summed E-state index contributed by atoms with van der Waals surface area (Å²) < 4.78 is 34.5. The number of carbonyl (C=O) groups is 1. The van der Waals surface area contributed by atoms with Crippen LogP contribution in [0.25, 0.3) is 0 Å². The van der Waals surface area contributed by atoms with Gasteiger partial charge >= 0.3 is 0 Å². The van der Waals surface area contributed by atoms with Crippen molar-refractivity contribution < 1.29 is 17.9 Å². The first-order valence-corrected chi connectivity index (χ1v) is 9.87. The van der Waals surface area contributed by atoms with E-state index >= 15 is 0 Å². The molecule has 2 heterocycles. The van der Waals surface area contributed by atoms with Gasteiger partial charge in [-0.3, -0.25) is 9.48 Å². The fourth-order valence-electron chi connectivity index (χ4n) is 2.81. The standard InChI is InChI=1S/C17H22N4O4S/c1-12-9-16(21(2)20-12)19-17(22)13-5-3-7-15(10-13)26(23,24)18-11-14-6-4-8-25-14/h3,5,7,9-10,14,18H,4,6,8,11H2,1-2H3,(H,19,22). The van der Waals surface area contributed by atoms with E-state index in [9.17, 15) is 13.2 Å². The summed E-state index contributed by atoms with van der Waals surface area (Å²) in [7, 11) is -1.99. The Morgan fingerprint density at radius 2 is 2.19 bits per heavy atom. The molecule has 1 unspecified atom stereocenters. The van der Waals surface area contributed by atoms with E-state index in [4.69, 9.17) is 4.74 Å². The van der Waals surface area contributed by atoms with Crippen molar-refractivity contribution in [2.24, 2.45) is 7.05 Å². The monoisotopic (exact) mass is 378 g/mol. The Morgan fingerprint density at radius 1 is 1.38 bits per heavy atom. The van der Waals surface area contributed by atoms with Crippen LogP contribution in [0.1, 0.15) is 28.9 Å². The van der Waals surface area contributed by atoms with Crippen LogP contribution in [0.3, 0.4) is 0 Å². The number of amides is 1. The second kappa shape index (κ2) is 7.56. The summed E-state index contributed by atoms with van der Waals surface area (Å²) in [4.78, 5) is 12.5. The van der Waals surface area contributed by atoms with Crippen molar-refractivity contribution >= 4 is 21.7 Å². The number of hydrogen-bond donors (Lipinski definition) is 2. The molecule has 0 spiro atoms. The summed E-state index contributed by atoms with van der Waals surface area (Å²) in [6, 6.07) is 7.67. The number of nitrogens with one attached hydrogen (secondary N) is 2. The number of sulfonamides is 1. The number of aryl methyl sites for hydroxylation is 2. The average Bonchev–Trinajstić information content (AvgIpc) is 3.23. The summed E-state index contributed by atoms with van der Waals surface area (Å²) in [5.41, 5.74) is 1.03. The first-order chi connectivity index (χ1) is 12.3. The molecule has 2 aromatic rings. The van der Waals surface area contributed by atoms with Gasteiger partial charge in [0, 0.05) is 31.8 Å². The summed E-state index contributed by atoms with van der Waals surface area (Å²) in [5.74, 6) is 0.140. The highest BCUT2D eigenvalue weighted by Crippen LogP contribution is 2.16. The Morgan fingerprint density at radius 3 is 2.85 bits per heavy atom. The Balaban J connectivity index is 1.72. The van der Waals surface area contributed by atoms with Crippen LogP contribution in [0.15, 0.2) is 35.2 Å². The molecule has 0 radical (unpaired) electrons. The Bertz CT molecular complexity index is 901. The number of hydrogen-bond acceptors (Lipinski definition) is 5. The number of aromatic nitrogens is 2. The predicted octanol–water partition coefficient (Wildman–Crippen LogP) is 1.44. The minimum absolute atomic E-state index is 0.0457. The Kier molecular flexibility index (Phi) is 5.40. The highest BCUT2D eigenvalue weighted by Gasteiger charge is 2.21. The maximum atomic E-state index is 12.5. The summed E-state index contributed by atoms with van der Waals surface area (Å²) >= 11 is 0. The van der Waals surface area contributed by atoms with Crippen molar-refractivity contribution in [2.45, 2.75) is 30.8 Å². The van der Waals surface area contributed by atoms with Gasteiger partial charge < -0.3 is 10.1 Å². The maximum absolute atomic E-state index is 12.5. The lowest BCUT2D eigenvalue weighted by molar-refractivity contribution is 0.102. The minimum atomic E-state index is -3.71. The number of anilines is 1. The van der Waals surface area contributed by atoms with Crippen molar-refractivity contribution in [1.82, 2.24) is 14.5 Å². The molecule has 1 aliphatic heterocycles. The van der Waals surface area contributed by atoms with Crippen molar-refractivity contribution in [2.75, 3.05) is 18.5 Å². The smallest absolute Gasteiger partial charge is 0.256 e. The zero-order valence-corrected chi connectivity index (χ0v) is 15.5. The van der Waals surface area contributed by atoms with E-state index in [1.54, 1.807) is 29.9 Å². The highest BCUT2D eigenvalue weighted by atomic mass is 32.2. The fourth-order valence-corrected chi connectivity index (χ4v) is 3.92. The predicted molar refractivity (Wildman–Crippen MR) is 96.5 cm³/mol. The number of carbonyl (C=O) groups excluding carboxylic acids is 1. The molecule has 26 heavy (non-hydrogen) atoms. The molecular weight excluding hydrogens is 356 g/mol. The van der Waals surface area contributed by atoms with E-state index in [1.807, 2.05) is 6.92 Å². The lowest BCUT2D eigenvalue weighted by atomic mass is 10.2. The zero-order valence-electron chi connectivity index (χ0n) is 14.7. The third-order valence-electron chi connectivity index (χ3n) is 4.18. The van der Waals surface area contributed by atoms with E-state index in [-0.39, 0.29) is 23.1 Å². The molecule has 140 valence electrons. The van der Waals surface area contributed by atoms with E-state index in [0.29, 0.717) is 12.4 Å². The molecule has 1 fully saturated rings. The molecule has 1 saturated heterocycles. The fraction of sp³-hybridized carbons (Fsp3) is 0.412. The molecule has 1 aromatic heterocycles. The van der Waals surface area contributed by atoms with Gasteiger partial charge in [0.2, 0.25) is 10.0 Å². The number of benzene rings is 1. The van der Waals surface area contributed by atoms with Gasteiger partial charge in [-0.05, 0) is 38.0 Å². The van der Waals surface area contributed by atoms with Gasteiger partial charge in [0.15, 0.2) is 0 Å². The molecule has 0 bridgehead atoms. The summed E-state index contributed by atoms with van der Waals surface area (Å²) in [5, 5.41) is 6.89. The Hall–Kier alpha value is -2.23. The van der Waals surface area contributed by atoms with E-state index in [2.05, 4.69) is 15.1 Å². The van der Waals surface area contributed by atoms with E-state index in [1.165, 1.54) is 12.1 Å². The first kappa shape index (κ1) is 18.6. The van der Waals surface area contributed by atoms with Crippen molar-refractivity contribution in [3.8, 4) is 0 Å². The first-order valence-electron chi connectivity index (χ1n) is 8.38. The highest BCUT2D eigenvalue weighted by molar-refractivity contribution is 7.89. The minimum Gasteiger partial charge on any atom is -0.377 e. The molecule has 1 aliphatic rings. The molecule has 3 rings (SSSR count). The van der Waals surface area contributed by atoms with Crippen LogP contribution >= 0.6 is 0 Å². The van der Waals surface area contributed by atoms with Crippen LogP contribution < -0.4 is 10.0 Å². The molecule has 0 saturated carbocycles. The molecule has 0 aliphatic carbocycles. The molecule has 2 N–H and O–H groups in total. The normalized spacial score (nSPS) is 17.4. The van der Waals surface area contributed by atoms with E-state index < -0.39 is 15.9 Å². The number of ether oxygens (including phenoxy) is 1. The van der Waals surface area contributed by atoms with Gasteiger partial charge in [-0.2, -0.15) is 5.10 Å². The third-order valence-corrected chi connectivity index (χ3v) is 5.60. The molecule has 8 nitrogen and oxygen atoms in total. The molecule has 9 heteroatoms. The van der Waals surface area contributed by atoms with Crippen LogP contribution in [0.2, 0.25) is 0 Å². The van der Waals surface area contributed by atoms with Gasteiger partial charge in [0.1, 0.15) is 5.82 Å². The lowest BCUT2D eigenvalue weighted by Gasteiger charge is -2.12. The lowest BCUT2D eigenvalue weighted by Crippen LogP contribution is -2.32. The van der Waals surface area contributed by atoms with Gasteiger partial charge in [-0.25, -0.2) is 13.1 Å². The molecule has 1 aromatic carbocycles. The van der Waals surface area contributed by atoms with Gasteiger partial charge in [-0.1, -0.05) is 6.07 Å². The second-order valence-corrected chi connectivity index (χ2v) is 8.03. The summed E-state index contributed by atoms with van der Waals surface area (Å²) in [6.45, 7) is 2.71. The molecule has 1 amide bonds. The van der Waals surface area contributed by atoms with Gasteiger partial charge in [0.05, 0.1) is 16.7 Å². The maximum Gasteiger partial charge on any atom is 0.256 e. The quantitative estimate of drug-likeness (QED) is 0.792. The van der Waals surface area contributed by atoms with Crippen LogP contribution in [0.5, 0.6) is 0 Å². The van der Waals surface area contributed by atoms with E-state index in [0.717, 1.165) is 18.5 Å². The van der Waals surface area contributed by atoms with Gasteiger partial charge in [-0.15, -0.1) is 0 Å². The van der Waals surface area contributed by atoms with Gasteiger partial charge in [0.25, 0.3) is 5.91 Å². The molecular formula is C17H22N4O4S. The topological polar surface area (TPSA) is 102 Å². The SMILES string of the molecule is Cc1cc(NC(=O)c2cccc(S(=O)(=O)NCC3CCCO3)c2)n(C)n1. The second-order valence-electron chi connectivity index (χ2n) is 6.26. The Labute approximate surface area is 152 Å². The van der Waals surface area contributed by atoms with Crippen molar-refractivity contribution in [3.05, 3.63) is 41.6 Å². The number of rotatable bonds is 6. The van der Waals surface area contributed by atoms with Crippen molar-refractivity contribution in [3.63, 3.8) is 0 Å². The number of nitrogens with zero attached hydrogens (tertiary/aromatic N) is 2. The summed E-state index contributed by atoms with van der Waals surface area (Å²) in [6.07, 6.45) is 1.69. The van der Waals surface area contributed by atoms with Crippen LogP contribution in [0.4, 0.5) is 5.82 Å². The zero-order chi connectivity index (χ0) is 18.7. The largest absolute Gasteiger partial charge is 0.377 e. The van der Waals surface area contributed by atoms with Crippen LogP contribution in [0, 0.1) is 6.92 Å². The van der Waals surface area contributed by atoms with Crippen LogP contribution in [-0.2, 0) is 21.8 Å². The third kappa shape index (κ3) is 4.29. The molecule has 1 atom stereocenters. The average molecular weight is 378 g/mol. The van der Waals surface area contributed by atoms with Crippen molar-refractivity contribution in [1.29, 1.82) is 0 Å². The van der Waals surface area contributed by atoms with Crippen LogP contribution in [-0.4, -0.2) is 43.4 Å².